The van der Waals surface area contributed by atoms with E-state index in [2.05, 4.69) is 10.3 Å². The van der Waals surface area contributed by atoms with Crippen molar-refractivity contribution in [3.8, 4) is 28.5 Å². The molecule has 5 aromatic rings. The van der Waals surface area contributed by atoms with Crippen molar-refractivity contribution in [1.82, 2.24) is 4.98 Å². The first-order valence-electron chi connectivity index (χ1n) is 9.81. The van der Waals surface area contributed by atoms with Crippen molar-refractivity contribution < 1.29 is 18.4 Å². The number of nitrogens with zero attached hydrogens (tertiary/aromatic N) is 1. The summed E-state index contributed by atoms with van der Waals surface area (Å²) >= 11 is 5.93. The lowest BCUT2D eigenvalue weighted by atomic mass is 10.2. The van der Waals surface area contributed by atoms with Crippen LogP contribution >= 0.6 is 11.6 Å². The molecule has 0 radical (unpaired) electrons. The van der Waals surface area contributed by atoms with Crippen molar-refractivity contribution in [2.45, 2.75) is 0 Å². The number of methoxy groups -OCH3 is 1. The maximum Gasteiger partial charge on any atom is 0.291 e. The molecule has 0 atom stereocenters. The Hall–Kier alpha value is -4.03. The number of benzene rings is 3. The summed E-state index contributed by atoms with van der Waals surface area (Å²) in [5, 5.41) is 3.49. The van der Waals surface area contributed by atoms with E-state index in [1.165, 1.54) is 0 Å². The number of anilines is 1. The predicted octanol–water partition coefficient (Wildman–Crippen LogP) is 6.67. The Morgan fingerprint density at radius 3 is 2.59 bits per heavy atom. The van der Waals surface area contributed by atoms with Crippen LogP contribution in [0.5, 0.6) is 5.75 Å². The summed E-state index contributed by atoms with van der Waals surface area (Å²) in [7, 11) is 1.60. The highest BCUT2D eigenvalue weighted by atomic mass is 35.5. The maximum absolute atomic E-state index is 12.7. The van der Waals surface area contributed by atoms with Gasteiger partial charge in [0.1, 0.15) is 17.0 Å². The molecule has 6 nitrogen and oxygen atoms in total. The lowest BCUT2D eigenvalue weighted by Crippen LogP contribution is -2.10. The number of oxazole rings is 1. The molecule has 0 aliphatic heterocycles. The number of hydrogen-bond acceptors (Lipinski definition) is 5. The number of hydrogen-bond donors (Lipinski definition) is 1. The number of carbonyl (C=O) groups is 1. The van der Waals surface area contributed by atoms with Crippen LogP contribution in [-0.4, -0.2) is 18.0 Å². The molecule has 0 aliphatic carbocycles. The second-order valence-corrected chi connectivity index (χ2v) is 7.49. The van der Waals surface area contributed by atoms with Crippen molar-refractivity contribution in [3.05, 3.63) is 89.6 Å². The Kier molecular flexibility index (Phi) is 5.13. The van der Waals surface area contributed by atoms with Crippen LogP contribution in [-0.2, 0) is 0 Å². The molecule has 0 bridgehead atoms. The zero-order valence-corrected chi connectivity index (χ0v) is 17.7. The number of furan rings is 1. The van der Waals surface area contributed by atoms with Crippen LogP contribution in [0.4, 0.5) is 5.69 Å². The monoisotopic (exact) mass is 444 g/mol. The first-order valence-corrected chi connectivity index (χ1v) is 10.2. The van der Waals surface area contributed by atoms with Gasteiger partial charge in [-0.05, 0) is 66.7 Å². The molecule has 158 valence electrons. The molecule has 0 fully saturated rings. The molecule has 2 aromatic heterocycles. The first kappa shape index (κ1) is 19.9. The van der Waals surface area contributed by atoms with Crippen LogP contribution in [0.25, 0.3) is 33.9 Å². The van der Waals surface area contributed by atoms with Gasteiger partial charge in [-0.3, -0.25) is 4.79 Å². The van der Waals surface area contributed by atoms with Crippen molar-refractivity contribution in [2.75, 3.05) is 12.4 Å². The molecule has 3 aromatic carbocycles. The minimum atomic E-state index is -0.357. The van der Waals surface area contributed by atoms with E-state index in [-0.39, 0.29) is 11.7 Å². The summed E-state index contributed by atoms with van der Waals surface area (Å²) in [6.45, 7) is 0. The number of amides is 1. The van der Waals surface area contributed by atoms with E-state index >= 15 is 0 Å². The van der Waals surface area contributed by atoms with Crippen molar-refractivity contribution in [2.24, 2.45) is 0 Å². The Morgan fingerprint density at radius 1 is 0.938 bits per heavy atom. The third kappa shape index (κ3) is 3.96. The Labute approximate surface area is 188 Å². The number of aromatic nitrogens is 1. The topological polar surface area (TPSA) is 77.5 Å². The van der Waals surface area contributed by atoms with E-state index in [4.69, 9.17) is 25.2 Å². The normalized spacial score (nSPS) is 10.9. The van der Waals surface area contributed by atoms with Gasteiger partial charge in [-0.2, -0.15) is 0 Å². The predicted molar refractivity (Wildman–Crippen MR) is 123 cm³/mol. The van der Waals surface area contributed by atoms with Gasteiger partial charge in [0.05, 0.1) is 7.11 Å². The zero-order chi connectivity index (χ0) is 22.1. The highest BCUT2D eigenvalue weighted by Crippen LogP contribution is 2.29. The molecule has 1 amide bonds. The molecule has 0 aliphatic rings. The fourth-order valence-electron chi connectivity index (χ4n) is 3.31. The molecule has 1 N–H and O–H groups in total. The van der Waals surface area contributed by atoms with Gasteiger partial charge in [0.15, 0.2) is 11.3 Å². The van der Waals surface area contributed by atoms with Crippen LogP contribution < -0.4 is 10.1 Å². The van der Waals surface area contributed by atoms with Gasteiger partial charge in [0.25, 0.3) is 5.91 Å². The van der Waals surface area contributed by atoms with E-state index in [1.807, 2.05) is 42.5 Å². The summed E-state index contributed by atoms with van der Waals surface area (Å²) < 4.78 is 16.8. The van der Waals surface area contributed by atoms with Crippen molar-refractivity contribution in [1.29, 1.82) is 0 Å². The average Bonchev–Trinajstić information content (AvgIpc) is 3.47. The molecule has 0 spiro atoms. The fourth-order valence-corrected chi connectivity index (χ4v) is 3.44. The quantitative estimate of drug-likeness (QED) is 0.327. The van der Waals surface area contributed by atoms with Crippen LogP contribution in [0.3, 0.4) is 0 Å². The summed E-state index contributed by atoms with van der Waals surface area (Å²) in [6, 6.07) is 23.3. The van der Waals surface area contributed by atoms with Crippen LogP contribution in [0.2, 0.25) is 5.02 Å². The van der Waals surface area contributed by atoms with Gasteiger partial charge in [0, 0.05) is 27.9 Å². The van der Waals surface area contributed by atoms with E-state index in [9.17, 15) is 4.79 Å². The molecule has 32 heavy (non-hydrogen) atoms. The molecule has 5 rings (SSSR count). The van der Waals surface area contributed by atoms with Crippen molar-refractivity contribution >= 4 is 34.3 Å². The molecule has 0 saturated heterocycles. The summed E-state index contributed by atoms with van der Waals surface area (Å²) in [5.41, 5.74) is 3.51. The number of nitrogens with one attached hydrogen (secondary N) is 1. The Balaban J connectivity index is 1.36. The minimum Gasteiger partial charge on any atom is -0.497 e. The number of halogens is 1. The molecule has 7 heteroatoms. The molecule has 0 saturated carbocycles. The average molecular weight is 445 g/mol. The molecule has 0 unspecified atom stereocenters. The Bertz CT molecular complexity index is 1420. The summed E-state index contributed by atoms with van der Waals surface area (Å²) in [4.78, 5) is 17.2. The van der Waals surface area contributed by atoms with Crippen LogP contribution in [0, 0.1) is 0 Å². The lowest BCUT2D eigenvalue weighted by Gasteiger charge is -2.04. The first-order chi connectivity index (χ1) is 15.6. The number of carbonyl (C=O) groups excluding carboxylic acids is 1. The second kappa shape index (κ2) is 8.24. The Morgan fingerprint density at radius 2 is 1.78 bits per heavy atom. The SMILES string of the molecule is COc1ccc2oc(-c3cccc(NC(=O)c4ccc(-c5ccc(Cl)cc5)o4)c3)nc2c1. The lowest BCUT2D eigenvalue weighted by molar-refractivity contribution is 0.0997. The highest BCUT2D eigenvalue weighted by Gasteiger charge is 2.14. The second-order valence-electron chi connectivity index (χ2n) is 7.06. The summed E-state index contributed by atoms with van der Waals surface area (Å²) in [5.74, 6) is 1.59. The van der Waals surface area contributed by atoms with E-state index < -0.39 is 0 Å². The molecule has 2 heterocycles. The van der Waals surface area contributed by atoms with Gasteiger partial charge < -0.3 is 18.9 Å². The fraction of sp³-hybridized carbons (Fsp3) is 0.0400. The number of fused-ring (bicyclic) bond motifs is 1. The van der Waals surface area contributed by atoms with E-state index in [0.29, 0.717) is 39.2 Å². The van der Waals surface area contributed by atoms with Gasteiger partial charge in [-0.15, -0.1) is 0 Å². The van der Waals surface area contributed by atoms with Crippen LogP contribution in [0.15, 0.2) is 87.7 Å². The van der Waals surface area contributed by atoms with Gasteiger partial charge in [-0.25, -0.2) is 4.98 Å². The van der Waals surface area contributed by atoms with Crippen molar-refractivity contribution in [3.63, 3.8) is 0 Å². The maximum atomic E-state index is 12.7. The zero-order valence-electron chi connectivity index (χ0n) is 17.0. The minimum absolute atomic E-state index is 0.203. The van der Waals surface area contributed by atoms with Gasteiger partial charge >= 0.3 is 0 Å². The molecular weight excluding hydrogens is 428 g/mol. The largest absolute Gasteiger partial charge is 0.497 e. The third-order valence-corrected chi connectivity index (χ3v) is 5.17. The number of rotatable bonds is 5. The van der Waals surface area contributed by atoms with Gasteiger partial charge in [-0.1, -0.05) is 17.7 Å². The third-order valence-electron chi connectivity index (χ3n) is 4.92. The standard InChI is InChI=1S/C25H17ClN2O4/c1-30-19-9-10-22-20(14-19)28-25(32-22)16-3-2-4-18(13-16)27-24(29)23-12-11-21(31-23)15-5-7-17(26)8-6-15/h2-14H,1H3,(H,27,29). The van der Waals surface area contributed by atoms with Crippen LogP contribution in [0.1, 0.15) is 10.6 Å². The van der Waals surface area contributed by atoms with E-state index in [1.54, 1.807) is 43.5 Å². The van der Waals surface area contributed by atoms with Gasteiger partial charge in [0.2, 0.25) is 5.89 Å². The van der Waals surface area contributed by atoms with E-state index in [0.717, 1.165) is 11.1 Å². The number of ether oxygens (including phenoxy) is 1. The molecular formula is C25H17ClN2O4. The smallest absolute Gasteiger partial charge is 0.291 e. The summed E-state index contributed by atoms with van der Waals surface area (Å²) in [6.07, 6.45) is 0. The highest BCUT2D eigenvalue weighted by molar-refractivity contribution is 6.30.